The number of amides is 1. The molecule has 1 unspecified atom stereocenters. The highest BCUT2D eigenvalue weighted by molar-refractivity contribution is 5.76. The zero-order valence-electron chi connectivity index (χ0n) is 19.5. The van der Waals surface area contributed by atoms with E-state index in [1.165, 1.54) is 38.5 Å². The van der Waals surface area contributed by atoms with Crippen LogP contribution in [0.4, 0.5) is 0 Å². The Morgan fingerprint density at radius 1 is 1.12 bits per heavy atom. The minimum Gasteiger partial charge on any atom is -0.486 e. The molecule has 174 valence electrons. The number of carbonyl (C=O) groups excluding carboxylic acids is 1. The van der Waals surface area contributed by atoms with Crippen molar-refractivity contribution in [2.24, 2.45) is 23.2 Å². The van der Waals surface area contributed by atoms with Crippen LogP contribution in [0.15, 0.2) is 30.4 Å². The van der Waals surface area contributed by atoms with Gasteiger partial charge in [0.05, 0.1) is 0 Å². The summed E-state index contributed by atoms with van der Waals surface area (Å²) in [6, 6.07) is 5.98. The number of aryl methyl sites for hydroxylation is 1. The molecule has 5 aliphatic rings. The number of nitrogens with one attached hydrogen (secondary N) is 2. The summed E-state index contributed by atoms with van der Waals surface area (Å²) in [4.78, 5) is 12.6. The number of para-hydroxylation sites is 1. The van der Waals surface area contributed by atoms with Crippen molar-refractivity contribution in [2.75, 3.05) is 26.2 Å². The number of rotatable bonds is 9. The Hall–Kier alpha value is -2.01. The van der Waals surface area contributed by atoms with Crippen LogP contribution in [-0.2, 0) is 4.79 Å². The van der Waals surface area contributed by atoms with Crippen LogP contribution in [0.25, 0.3) is 0 Å². The van der Waals surface area contributed by atoms with Gasteiger partial charge in [-0.3, -0.25) is 4.79 Å². The van der Waals surface area contributed by atoms with E-state index in [9.17, 15) is 4.79 Å². The molecule has 1 amide bonds. The number of ether oxygens (including phenoxy) is 2. The maximum atomic E-state index is 12.6. The summed E-state index contributed by atoms with van der Waals surface area (Å²) < 4.78 is 12.0. The van der Waals surface area contributed by atoms with Crippen LogP contribution in [-0.4, -0.2) is 38.3 Å². The molecule has 4 aliphatic carbocycles. The summed E-state index contributed by atoms with van der Waals surface area (Å²) in [5, 5.41) is 6.56. The Balaban J connectivity index is 0.979. The zero-order valence-corrected chi connectivity index (χ0v) is 19.5. The normalized spacial score (nSPS) is 32.0. The summed E-state index contributed by atoms with van der Waals surface area (Å²) in [5.74, 6) is 4.63. The minimum absolute atomic E-state index is 0.00196. The molecule has 5 nitrogen and oxygen atoms in total. The Morgan fingerprint density at radius 2 is 1.84 bits per heavy atom. The molecule has 1 atom stereocenters. The average molecular weight is 439 g/mol. The highest BCUT2D eigenvalue weighted by Gasteiger charge is 2.51. The highest BCUT2D eigenvalue weighted by Crippen LogP contribution is 2.61. The molecule has 6 rings (SSSR count). The predicted molar refractivity (Wildman–Crippen MR) is 126 cm³/mol. The molecule has 4 fully saturated rings. The lowest BCUT2D eigenvalue weighted by atomic mass is 9.49. The monoisotopic (exact) mass is 438 g/mol. The number of hydrogen-bond donors (Lipinski definition) is 2. The van der Waals surface area contributed by atoms with Gasteiger partial charge in [0.15, 0.2) is 11.5 Å². The van der Waals surface area contributed by atoms with E-state index in [1.54, 1.807) is 0 Å². The smallest absolute Gasteiger partial charge is 0.220 e. The number of benzene rings is 1. The van der Waals surface area contributed by atoms with Crippen molar-refractivity contribution in [1.82, 2.24) is 10.6 Å². The van der Waals surface area contributed by atoms with Gasteiger partial charge in [0, 0.05) is 32.5 Å². The first kappa shape index (κ1) is 21.8. The van der Waals surface area contributed by atoms with Crippen LogP contribution >= 0.6 is 0 Å². The topological polar surface area (TPSA) is 59.6 Å². The summed E-state index contributed by atoms with van der Waals surface area (Å²) in [6.45, 7) is 8.95. The van der Waals surface area contributed by atoms with Gasteiger partial charge in [-0.05, 0) is 80.2 Å². The number of carbonyl (C=O) groups is 1. The molecule has 4 saturated carbocycles. The summed E-state index contributed by atoms with van der Waals surface area (Å²) in [7, 11) is 0. The van der Waals surface area contributed by atoms with Gasteiger partial charge in [0.25, 0.3) is 0 Å². The molecular weight excluding hydrogens is 400 g/mol. The molecule has 2 N–H and O–H groups in total. The molecule has 0 aromatic heterocycles. The summed E-state index contributed by atoms with van der Waals surface area (Å²) in [5.41, 5.74) is 2.51. The first-order valence-electron chi connectivity index (χ1n) is 12.5. The van der Waals surface area contributed by atoms with E-state index in [0.717, 1.165) is 66.3 Å². The summed E-state index contributed by atoms with van der Waals surface area (Å²) in [6.07, 6.45) is 9.67. The van der Waals surface area contributed by atoms with Crippen LogP contribution < -0.4 is 20.1 Å². The van der Waals surface area contributed by atoms with Gasteiger partial charge in [-0.15, -0.1) is 0 Å². The molecule has 0 radical (unpaired) electrons. The van der Waals surface area contributed by atoms with Gasteiger partial charge in [-0.25, -0.2) is 0 Å². The molecule has 1 heterocycles. The molecule has 5 heteroatoms. The Bertz CT molecular complexity index is 829. The maximum Gasteiger partial charge on any atom is 0.220 e. The van der Waals surface area contributed by atoms with Gasteiger partial charge in [0.2, 0.25) is 5.91 Å². The SMILES string of the molecule is C=C(CNCCNC(=O)CC12CC3CC(CC(C3)C1)C2)CC1COc2cccc(C)c2O1. The number of fused-ring (bicyclic) bond motifs is 1. The predicted octanol–water partition coefficient (Wildman–Crippen LogP) is 4.39. The first-order chi connectivity index (χ1) is 15.5. The van der Waals surface area contributed by atoms with Crippen molar-refractivity contribution < 1.29 is 14.3 Å². The summed E-state index contributed by atoms with van der Waals surface area (Å²) >= 11 is 0. The van der Waals surface area contributed by atoms with E-state index in [1.807, 2.05) is 25.1 Å². The standard InChI is InChI=1S/C27H38N2O3/c1-18(8-23-17-31-24-5-3-4-19(2)26(24)32-23)16-28-6-7-29-25(30)15-27-12-20-9-21(13-27)11-22(10-20)14-27/h3-5,20-23,28H,1,6-17H2,2H3,(H,29,30). The lowest BCUT2D eigenvalue weighted by Crippen LogP contribution is -2.48. The van der Waals surface area contributed by atoms with E-state index < -0.39 is 0 Å². The second kappa shape index (κ2) is 9.09. The first-order valence-corrected chi connectivity index (χ1v) is 12.5. The van der Waals surface area contributed by atoms with E-state index in [-0.39, 0.29) is 12.0 Å². The Morgan fingerprint density at radius 3 is 2.56 bits per heavy atom. The maximum absolute atomic E-state index is 12.6. The van der Waals surface area contributed by atoms with Gasteiger partial charge in [-0.1, -0.05) is 24.3 Å². The zero-order chi connectivity index (χ0) is 22.1. The van der Waals surface area contributed by atoms with Crippen molar-refractivity contribution in [3.8, 4) is 11.5 Å². The van der Waals surface area contributed by atoms with Gasteiger partial charge in [0.1, 0.15) is 12.7 Å². The second-order valence-corrected chi connectivity index (χ2v) is 11.0. The molecule has 4 bridgehead atoms. The fourth-order valence-corrected chi connectivity index (χ4v) is 7.23. The van der Waals surface area contributed by atoms with Gasteiger partial charge in [-0.2, -0.15) is 0 Å². The third-order valence-corrected chi connectivity index (χ3v) is 8.10. The Labute approximate surface area is 192 Å². The quantitative estimate of drug-likeness (QED) is 0.443. The van der Waals surface area contributed by atoms with Crippen LogP contribution in [0.3, 0.4) is 0 Å². The third-order valence-electron chi connectivity index (χ3n) is 8.10. The lowest BCUT2D eigenvalue weighted by Gasteiger charge is -2.56. The molecule has 1 aromatic carbocycles. The molecule has 0 spiro atoms. The van der Waals surface area contributed by atoms with E-state index >= 15 is 0 Å². The van der Waals surface area contributed by atoms with E-state index in [2.05, 4.69) is 17.2 Å². The minimum atomic E-state index is -0.00196. The molecule has 32 heavy (non-hydrogen) atoms. The fraction of sp³-hybridized carbons (Fsp3) is 0.667. The molecule has 0 saturated heterocycles. The van der Waals surface area contributed by atoms with Crippen LogP contribution in [0.1, 0.15) is 56.9 Å². The van der Waals surface area contributed by atoms with Crippen molar-refractivity contribution in [3.63, 3.8) is 0 Å². The number of hydrogen-bond acceptors (Lipinski definition) is 4. The Kier molecular flexibility index (Phi) is 6.20. The van der Waals surface area contributed by atoms with Crippen molar-refractivity contribution in [3.05, 3.63) is 35.9 Å². The molecule has 1 aliphatic heterocycles. The fourth-order valence-electron chi connectivity index (χ4n) is 7.23. The van der Waals surface area contributed by atoms with Gasteiger partial charge >= 0.3 is 0 Å². The van der Waals surface area contributed by atoms with Crippen molar-refractivity contribution in [1.29, 1.82) is 0 Å². The van der Waals surface area contributed by atoms with E-state index in [0.29, 0.717) is 18.6 Å². The van der Waals surface area contributed by atoms with Gasteiger partial charge < -0.3 is 20.1 Å². The lowest BCUT2D eigenvalue weighted by molar-refractivity contribution is -0.129. The average Bonchev–Trinajstić information content (AvgIpc) is 2.73. The van der Waals surface area contributed by atoms with Crippen molar-refractivity contribution in [2.45, 2.75) is 64.4 Å². The molecular formula is C27H38N2O3. The second-order valence-electron chi connectivity index (χ2n) is 11.0. The molecule has 1 aromatic rings. The third kappa shape index (κ3) is 4.83. The highest BCUT2D eigenvalue weighted by atomic mass is 16.6. The van der Waals surface area contributed by atoms with Crippen LogP contribution in [0, 0.1) is 30.1 Å². The van der Waals surface area contributed by atoms with Crippen LogP contribution in [0.5, 0.6) is 11.5 Å². The van der Waals surface area contributed by atoms with E-state index in [4.69, 9.17) is 9.47 Å². The van der Waals surface area contributed by atoms with Crippen molar-refractivity contribution >= 4 is 5.91 Å². The van der Waals surface area contributed by atoms with Crippen LogP contribution in [0.2, 0.25) is 0 Å². The largest absolute Gasteiger partial charge is 0.486 e.